The molecular weight excluding hydrogens is 230 g/mol. The van der Waals surface area contributed by atoms with E-state index in [-0.39, 0.29) is 5.54 Å². The van der Waals surface area contributed by atoms with Crippen LogP contribution in [0.1, 0.15) is 79.1 Å². The molecule has 0 aliphatic heterocycles. The summed E-state index contributed by atoms with van der Waals surface area (Å²) in [5, 5.41) is 0. The van der Waals surface area contributed by atoms with E-state index < -0.39 is 0 Å². The van der Waals surface area contributed by atoms with Crippen molar-refractivity contribution in [3.63, 3.8) is 0 Å². The minimum atomic E-state index is 0.173. The highest BCUT2D eigenvalue weighted by atomic mass is 14.8. The Morgan fingerprint density at radius 3 is 2.47 bits per heavy atom. The summed E-state index contributed by atoms with van der Waals surface area (Å²) in [6.45, 7) is 9.58. The summed E-state index contributed by atoms with van der Waals surface area (Å²) in [6.07, 6.45) is 10.9. The number of hydrogen-bond acceptors (Lipinski definition) is 1. The van der Waals surface area contributed by atoms with Gasteiger partial charge in [0.25, 0.3) is 0 Å². The van der Waals surface area contributed by atoms with E-state index in [1.807, 2.05) is 0 Å². The van der Waals surface area contributed by atoms with Crippen LogP contribution in [0.3, 0.4) is 0 Å². The summed E-state index contributed by atoms with van der Waals surface area (Å²) >= 11 is 0. The molecule has 0 bridgehead atoms. The third-order valence-electron chi connectivity index (χ3n) is 6.14. The zero-order valence-electron chi connectivity index (χ0n) is 13.6. The molecule has 2 aliphatic rings. The van der Waals surface area contributed by atoms with Crippen LogP contribution >= 0.6 is 0 Å². The average Bonchev–Trinajstić information content (AvgIpc) is 2.31. The first-order chi connectivity index (χ1) is 8.90. The maximum Gasteiger partial charge on any atom is 0.0185 e. The van der Waals surface area contributed by atoms with Gasteiger partial charge in [0.05, 0.1) is 0 Å². The molecule has 2 fully saturated rings. The van der Waals surface area contributed by atoms with Gasteiger partial charge in [0.15, 0.2) is 0 Å². The van der Waals surface area contributed by atoms with E-state index in [9.17, 15) is 0 Å². The highest BCUT2D eigenvalue weighted by Gasteiger charge is 2.41. The lowest BCUT2D eigenvalue weighted by Gasteiger charge is -2.47. The van der Waals surface area contributed by atoms with Crippen molar-refractivity contribution in [2.24, 2.45) is 35.3 Å². The summed E-state index contributed by atoms with van der Waals surface area (Å²) in [5.41, 5.74) is 7.08. The Labute approximate surface area is 120 Å². The summed E-state index contributed by atoms with van der Waals surface area (Å²) in [4.78, 5) is 0. The molecule has 0 aromatic rings. The zero-order chi connectivity index (χ0) is 14.0. The lowest BCUT2D eigenvalue weighted by molar-refractivity contribution is 0.0794. The molecule has 2 saturated carbocycles. The molecule has 2 rings (SSSR count). The molecule has 112 valence electrons. The van der Waals surface area contributed by atoms with Gasteiger partial charge < -0.3 is 5.73 Å². The normalized spacial score (nSPS) is 44.5. The Hall–Kier alpha value is -0.0400. The monoisotopic (exact) mass is 265 g/mol. The van der Waals surface area contributed by atoms with Crippen molar-refractivity contribution in [2.45, 2.75) is 84.6 Å². The van der Waals surface area contributed by atoms with E-state index in [4.69, 9.17) is 5.73 Å². The second-order valence-electron chi connectivity index (χ2n) is 8.29. The fourth-order valence-electron chi connectivity index (χ4n) is 4.77. The van der Waals surface area contributed by atoms with Crippen LogP contribution in [0.25, 0.3) is 0 Å². The molecule has 19 heavy (non-hydrogen) atoms. The first-order valence-electron chi connectivity index (χ1n) is 8.69. The molecule has 5 unspecified atom stereocenters. The van der Waals surface area contributed by atoms with Crippen molar-refractivity contribution in [2.75, 3.05) is 0 Å². The van der Waals surface area contributed by atoms with Gasteiger partial charge in [-0.05, 0) is 61.7 Å². The Morgan fingerprint density at radius 2 is 1.84 bits per heavy atom. The largest absolute Gasteiger partial charge is 0.325 e. The maximum absolute atomic E-state index is 6.91. The Morgan fingerprint density at radius 1 is 1.11 bits per heavy atom. The molecular formula is C18H35N. The maximum atomic E-state index is 6.91. The van der Waals surface area contributed by atoms with Crippen LogP contribution in [0.4, 0.5) is 0 Å². The molecule has 2 N–H and O–H groups in total. The minimum absolute atomic E-state index is 0.173. The van der Waals surface area contributed by atoms with Gasteiger partial charge in [-0.3, -0.25) is 0 Å². The van der Waals surface area contributed by atoms with Gasteiger partial charge in [0, 0.05) is 5.54 Å². The van der Waals surface area contributed by atoms with E-state index in [0.717, 1.165) is 29.6 Å². The number of rotatable bonds is 3. The Kier molecular flexibility index (Phi) is 4.98. The van der Waals surface area contributed by atoms with Crippen molar-refractivity contribution in [1.29, 1.82) is 0 Å². The Bertz CT molecular complexity index is 285. The highest BCUT2D eigenvalue weighted by molar-refractivity contribution is 4.98. The van der Waals surface area contributed by atoms with Crippen molar-refractivity contribution < 1.29 is 0 Å². The van der Waals surface area contributed by atoms with Gasteiger partial charge in [0.2, 0.25) is 0 Å². The second-order valence-corrected chi connectivity index (χ2v) is 8.29. The first kappa shape index (κ1) is 15.4. The summed E-state index contributed by atoms with van der Waals surface area (Å²) in [7, 11) is 0. The van der Waals surface area contributed by atoms with Gasteiger partial charge in [-0.2, -0.15) is 0 Å². The van der Waals surface area contributed by atoms with Gasteiger partial charge in [-0.1, -0.05) is 47.0 Å². The summed E-state index contributed by atoms with van der Waals surface area (Å²) in [5.74, 6) is 4.32. The third-order valence-corrected chi connectivity index (χ3v) is 6.14. The van der Waals surface area contributed by atoms with Gasteiger partial charge in [-0.25, -0.2) is 0 Å². The SMILES string of the molecule is CC(C)CC1CCCC(N)(C2CCC(C)C(C)C2)C1. The van der Waals surface area contributed by atoms with E-state index >= 15 is 0 Å². The molecule has 0 spiro atoms. The van der Waals surface area contributed by atoms with Gasteiger partial charge in [0.1, 0.15) is 0 Å². The highest BCUT2D eigenvalue weighted by Crippen LogP contribution is 2.45. The molecule has 0 amide bonds. The Balaban J connectivity index is 1.97. The molecule has 0 saturated heterocycles. The first-order valence-corrected chi connectivity index (χ1v) is 8.69. The molecule has 0 heterocycles. The molecule has 1 nitrogen and oxygen atoms in total. The van der Waals surface area contributed by atoms with Crippen molar-refractivity contribution in [3.05, 3.63) is 0 Å². The van der Waals surface area contributed by atoms with Crippen LogP contribution in [0.2, 0.25) is 0 Å². The van der Waals surface area contributed by atoms with Crippen LogP contribution in [0.5, 0.6) is 0 Å². The quantitative estimate of drug-likeness (QED) is 0.764. The average molecular weight is 265 g/mol. The van der Waals surface area contributed by atoms with Crippen LogP contribution in [-0.4, -0.2) is 5.54 Å². The summed E-state index contributed by atoms with van der Waals surface area (Å²) < 4.78 is 0. The van der Waals surface area contributed by atoms with Crippen LogP contribution in [0.15, 0.2) is 0 Å². The molecule has 1 heteroatoms. The predicted octanol–water partition coefficient (Wildman–Crippen LogP) is 4.99. The fourth-order valence-corrected chi connectivity index (χ4v) is 4.77. The number of hydrogen-bond donors (Lipinski definition) is 1. The summed E-state index contributed by atoms with van der Waals surface area (Å²) in [6, 6.07) is 0. The van der Waals surface area contributed by atoms with Crippen LogP contribution in [0, 0.1) is 29.6 Å². The van der Waals surface area contributed by atoms with E-state index in [1.165, 1.54) is 51.4 Å². The topological polar surface area (TPSA) is 26.0 Å². The van der Waals surface area contributed by atoms with E-state index in [1.54, 1.807) is 0 Å². The minimum Gasteiger partial charge on any atom is -0.325 e. The lowest BCUT2D eigenvalue weighted by atomic mass is 9.61. The van der Waals surface area contributed by atoms with Gasteiger partial charge in [-0.15, -0.1) is 0 Å². The standard InChI is InChI=1S/C18H35N/c1-13(2)10-16-6-5-9-18(19,12-16)17-8-7-14(3)15(4)11-17/h13-17H,5-12,19H2,1-4H3. The lowest BCUT2D eigenvalue weighted by Crippen LogP contribution is -2.52. The molecule has 0 aromatic carbocycles. The fraction of sp³-hybridized carbons (Fsp3) is 1.00. The van der Waals surface area contributed by atoms with E-state index in [0.29, 0.717) is 0 Å². The molecule has 0 radical (unpaired) electrons. The van der Waals surface area contributed by atoms with Crippen molar-refractivity contribution in [1.82, 2.24) is 0 Å². The second kappa shape index (κ2) is 6.16. The van der Waals surface area contributed by atoms with E-state index in [2.05, 4.69) is 27.7 Å². The van der Waals surface area contributed by atoms with Gasteiger partial charge >= 0.3 is 0 Å². The molecule has 0 aromatic heterocycles. The third kappa shape index (κ3) is 3.74. The van der Waals surface area contributed by atoms with Crippen molar-refractivity contribution >= 4 is 0 Å². The van der Waals surface area contributed by atoms with Crippen molar-refractivity contribution in [3.8, 4) is 0 Å². The smallest absolute Gasteiger partial charge is 0.0185 e. The zero-order valence-corrected chi connectivity index (χ0v) is 13.6. The molecule has 2 aliphatic carbocycles. The molecule has 5 atom stereocenters. The number of nitrogens with two attached hydrogens (primary N) is 1. The predicted molar refractivity (Wildman–Crippen MR) is 84.0 cm³/mol. The van der Waals surface area contributed by atoms with Crippen LogP contribution in [-0.2, 0) is 0 Å². The van der Waals surface area contributed by atoms with Crippen LogP contribution < -0.4 is 5.73 Å².